The molecule has 0 fully saturated rings. The standard InChI is InChI=1S/C21H19N3O/c1-3-23-13-24(21-17(23)8-6-12-22-21)19-14(2)10-11-16-15-7-4-5-9-18(15)25-20(16)19/h4-12H,3,13H2,1-2H3. The lowest BCUT2D eigenvalue weighted by Gasteiger charge is -2.22. The fourth-order valence-corrected chi connectivity index (χ4v) is 3.81. The minimum atomic E-state index is 0.792. The Labute approximate surface area is 146 Å². The second-order valence-electron chi connectivity index (χ2n) is 6.48. The van der Waals surface area contributed by atoms with Crippen LogP contribution in [-0.4, -0.2) is 18.2 Å². The van der Waals surface area contributed by atoms with Gasteiger partial charge < -0.3 is 14.2 Å². The molecule has 0 atom stereocenters. The van der Waals surface area contributed by atoms with Gasteiger partial charge in [0.15, 0.2) is 11.4 Å². The second kappa shape index (κ2) is 5.24. The van der Waals surface area contributed by atoms with E-state index in [4.69, 9.17) is 4.42 Å². The fourth-order valence-electron chi connectivity index (χ4n) is 3.81. The summed E-state index contributed by atoms with van der Waals surface area (Å²) in [5.74, 6) is 1.00. The van der Waals surface area contributed by atoms with Crippen molar-refractivity contribution in [1.82, 2.24) is 4.98 Å². The maximum absolute atomic E-state index is 6.27. The summed E-state index contributed by atoms with van der Waals surface area (Å²) >= 11 is 0. The average molecular weight is 329 g/mol. The average Bonchev–Trinajstić information content (AvgIpc) is 3.20. The molecule has 4 heteroatoms. The molecule has 5 rings (SSSR count). The maximum atomic E-state index is 6.27. The molecule has 4 aromatic rings. The maximum Gasteiger partial charge on any atom is 0.159 e. The number of aromatic nitrogens is 1. The third kappa shape index (κ3) is 1.97. The quantitative estimate of drug-likeness (QED) is 0.504. The molecule has 25 heavy (non-hydrogen) atoms. The normalized spacial score (nSPS) is 13.8. The molecule has 0 spiro atoms. The fraction of sp³-hybridized carbons (Fsp3) is 0.190. The molecule has 0 saturated heterocycles. The van der Waals surface area contributed by atoms with E-state index in [2.05, 4.69) is 59.0 Å². The van der Waals surface area contributed by atoms with E-state index >= 15 is 0 Å². The van der Waals surface area contributed by atoms with Gasteiger partial charge in [-0.2, -0.15) is 0 Å². The van der Waals surface area contributed by atoms with Gasteiger partial charge in [-0.05, 0) is 37.6 Å². The van der Waals surface area contributed by atoms with Gasteiger partial charge in [-0.15, -0.1) is 0 Å². The van der Waals surface area contributed by atoms with E-state index in [9.17, 15) is 0 Å². The van der Waals surface area contributed by atoms with Gasteiger partial charge in [0.1, 0.15) is 5.58 Å². The van der Waals surface area contributed by atoms with Gasteiger partial charge in [-0.25, -0.2) is 4.98 Å². The number of aryl methyl sites for hydroxylation is 1. The Balaban J connectivity index is 1.80. The van der Waals surface area contributed by atoms with Crippen molar-refractivity contribution >= 4 is 39.1 Å². The molecule has 2 aromatic heterocycles. The largest absolute Gasteiger partial charge is 0.454 e. The smallest absolute Gasteiger partial charge is 0.159 e. The molecule has 124 valence electrons. The third-order valence-electron chi connectivity index (χ3n) is 5.05. The molecule has 0 saturated carbocycles. The van der Waals surface area contributed by atoms with Crippen LogP contribution in [0, 0.1) is 6.92 Å². The van der Waals surface area contributed by atoms with Crippen molar-refractivity contribution in [2.75, 3.05) is 23.0 Å². The lowest BCUT2D eigenvalue weighted by atomic mass is 10.1. The number of hydrogen-bond acceptors (Lipinski definition) is 4. The van der Waals surface area contributed by atoms with Crippen molar-refractivity contribution in [3.63, 3.8) is 0 Å². The molecule has 0 amide bonds. The Morgan fingerprint density at radius 2 is 1.92 bits per heavy atom. The van der Waals surface area contributed by atoms with Gasteiger partial charge in [-0.1, -0.05) is 30.3 Å². The van der Waals surface area contributed by atoms with Crippen LogP contribution in [0.4, 0.5) is 17.2 Å². The third-order valence-corrected chi connectivity index (χ3v) is 5.05. The van der Waals surface area contributed by atoms with Crippen LogP contribution in [0.5, 0.6) is 0 Å². The number of para-hydroxylation sites is 1. The molecular formula is C21H19N3O. The zero-order valence-corrected chi connectivity index (χ0v) is 14.4. The van der Waals surface area contributed by atoms with E-state index in [-0.39, 0.29) is 0 Å². The first-order valence-corrected chi connectivity index (χ1v) is 8.66. The summed E-state index contributed by atoms with van der Waals surface area (Å²) in [7, 11) is 0. The Morgan fingerprint density at radius 1 is 1.04 bits per heavy atom. The summed E-state index contributed by atoms with van der Waals surface area (Å²) in [6.45, 7) is 6.05. The van der Waals surface area contributed by atoms with Gasteiger partial charge in [0.05, 0.1) is 18.0 Å². The van der Waals surface area contributed by atoms with Crippen molar-refractivity contribution in [1.29, 1.82) is 0 Å². The summed E-state index contributed by atoms with van der Waals surface area (Å²) in [5.41, 5.74) is 5.36. The molecule has 1 aliphatic rings. The molecule has 0 bridgehead atoms. The second-order valence-corrected chi connectivity index (χ2v) is 6.48. The van der Waals surface area contributed by atoms with E-state index in [0.717, 1.165) is 46.7 Å². The zero-order valence-electron chi connectivity index (χ0n) is 14.4. The summed E-state index contributed by atoms with van der Waals surface area (Å²) in [4.78, 5) is 9.27. The Hall–Kier alpha value is -3.01. The van der Waals surface area contributed by atoms with Crippen LogP contribution >= 0.6 is 0 Å². The van der Waals surface area contributed by atoms with Crippen LogP contribution in [-0.2, 0) is 0 Å². The van der Waals surface area contributed by atoms with E-state index in [0.29, 0.717) is 0 Å². The zero-order chi connectivity index (χ0) is 17.0. The minimum Gasteiger partial charge on any atom is -0.454 e. The van der Waals surface area contributed by atoms with Gasteiger partial charge >= 0.3 is 0 Å². The molecule has 0 radical (unpaired) electrons. The molecule has 1 aliphatic heterocycles. The Morgan fingerprint density at radius 3 is 2.80 bits per heavy atom. The first kappa shape index (κ1) is 14.3. The number of pyridine rings is 1. The number of nitrogens with zero attached hydrogens (tertiary/aromatic N) is 3. The molecule has 0 unspecified atom stereocenters. The highest BCUT2D eigenvalue weighted by Crippen LogP contribution is 2.44. The van der Waals surface area contributed by atoms with Gasteiger partial charge in [0.25, 0.3) is 0 Å². The van der Waals surface area contributed by atoms with E-state index in [1.165, 1.54) is 11.3 Å². The summed E-state index contributed by atoms with van der Waals surface area (Å²) in [6, 6.07) is 16.7. The molecular weight excluding hydrogens is 310 g/mol. The lowest BCUT2D eigenvalue weighted by Crippen LogP contribution is -2.28. The van der Waals surface area contributed by atoms with Crippen LogP contribution in [0.3, 0.4) is 0 Å². The number of rotatable bonds is 2. The van der Waals surface area contributed by atoms with Crippen LogP contribution < -0.4 is 9.80 Å². The van der Waals surface area contributed by atoms with Crippen molar-refractivity contribution in [3.05, 3.63) is 60.3 Å². The van der Waals surface area contributed by atoms with E-state index in [1.807, 2.05) is 24.4 Å². The number of hydrogen-bond donors (Lipinski definition) is 0. The Bertz CT molecular complexity index is 1100. The SMILES string of the molecule is CCN1CN(c2c(C)ccc3c2oc2ccccc23)c2ncccc21. The number of benzene rings is 2. The first-order chi connectivity index (χ1) is 12.3. The van der Waals surface area contributed by atoms with Crippen molar-refractivity contribution in [3.8, 4) is 0 Å². The van der Waals surface area contributed by atoms with Gasteiger partial charge in [0.2, 0.25) is 0 Å². The number of fused-ring (bicyclic) bond motifs is 4. The van der Waals surface area contributed by atoms with Crippen LogP contribution in [0.25, 0.3) is 21.9 Å². The van der Waals surface area contributed by atoms with E-state index < -0.39 is 0 Å². The number of anilines is 3. The van der Waals surface area contributed by atoms with Crippen molar-refractivity contribution in [2.45, 2.75) is 13.8 Å². The van der Waals surface area contributed by atoms with Crippen LogP contribution in [0.2, 0.25) is 0 Å². The highest BCUT2D eigenvalue weighted by atomic mass is 16.3. The van der Waals surface area contributed by atoms with Crippen molar-refractivity contribution < 1.29 is 4.42 Å². The molecule has 0 N–H and O–H groups in total. The molecule has 3 heterocycles. The molecule has 2 aromatic carbocycles. The highest BCUT2D eigenvalue weighted by molar-refractivity contribution is 6.10. The molecule has 0 aliphatic carbocycles. The summed E-state index contributed by atoms with van der Waals surface area (Å²) < 4.78 is 6.27. The van der Waals surface area contributed by atoms with Crippen LogP contribution in [0.1, 0.15) is 12.5 Å². The monoisotopic (exact) mass is 329 g/mol. The Kier molecular flexibility index (Phi) is 3.01. The summed E-state index contributed by atoms with van der Waals surface area (Å²) in [5, 5.41) is 2.31. The lowest BCUT2D eigenvalue weighted by molar-refractivity contribution is 0.667. The van der Waals surface area contributed by atoms with Gasteiger partial charge in [0, 0.05) is 23.5 Å². The first-order valence-electron chi connectivity index (χ1n) is 8.66. The predicted octanol–water partition coefficient (Wildman–Crippen LogP) is 5.22. The number of furan rings is 1. The minimum absolute atomic E-state index is 0.792. The highest BCUT2D eigenvalue weighted by Gasteiger charge is 2.30. The van der Waals surface area contributed by atoms with Crippen LogP contribution in [0.15, 0.2) is 59.1 Å². The van der Waals surface area contributed by atoms with Gasteiger partial charge in [-0.3, -0.25) is 0 Å². The van der Waals surface area contributed by atoms with Crippen molar-refractivity contribution in [2.24, 2.45) is 0 Å². The summed E-state index contributed by atoms with van der Waals surface area (Å²) in [6.07, 6.45) is 1.86. The molecule has 4 nitrogen and oxygen atoms in total. The predicted molar refractivity (Wildman–Crippen MR) is 103 cm³/mol. The topological polar surface area (TPSA) is 32.5 Å². The van der Waals surface area contributed by atoms with E-state index in [1.54, 1.807) is 0 Å².